The van der Waals surface area contributed by atoms with Crippen molar-refractivity contribution >= 4 is 22.9 Å². The van der Waals surface area contributed by atoms with Gasteiger partial charge in [-0.15, -0.1) is 0 Å². The maximum absolute atomic E-state index is 14.1. The van der Waals surface area contributed by atoms with Crippen LogP contribution in [0.5, 0.6) is 0 Å². The number of amides is 1. The molecule has 1 aliphatic rings. The summed E-state index contributed by atoms with van der Waals surface area (Å²) in [6, 6.07) is 13.2. The van der Waals surface area contributed by atoms with Gasteiger partial charge in [-0.05, 0) is 57.4 Å². The van der Waals surface area contributed by atoms with E-state index in [0.717, 1.165) is 24.8 Å². The summed E-state index contributed by atoms with van der Waals surface area (Å²) in [4.78, 5) is 17.4. The van der Waals surface area contributed by atoms with Crippen LogP contribution in [-0.4, -0.2) is 20.6 Å². The standard InChI is InChI=1S/C23H23FN4O2/c1-22(10-5-11-22)28-19-12-15(14-25)8-9-18(19)26-21(28)27-20(29)13-23(2,30)16-6-3-4-7-17(16)24/h3-4,6-9,12,30H,5,10-11,13H2,1-2H3,(H,26,27,29)/t23-/m0/s1. The van der Waals surface area contributed by atoms with E-state index in [-0.39, 0.29) is 17.5 Å². The maximum Gasteiger partial charge on any atom is 0.229 e. The summed E-state index contributed by atoms with van der Waals surface area (Å²) in [5.74, 6) is -0.659. The largest absolute Gasteiger partial charge is 0.385 e. The van der Waals surface area contributed by atoms with E-state index in [2.05, 4.69) is 23.3 Å². The van der Waals surface area contributed by atoms with Crippen LogP contribution < -0.4 is 5.32 Å². The van der Waals surface area contributed by atoms with Gasteiger partial charge in [0.15, 0.2) is 0 Å². The number of carbonyl (C=O) groups excluding carboxylic acids is 1. The van der Waals surface area contributed by atoms with Crippen molar-refractivity contribution in [2.45, 2.75) is 50.7 Å². The average Bonchev–Trinajstić information content (AvgIpc) is 3.02. The van der Waals surface area contributed by atoms with E-state index in [1.165, 1.54) is 25.1 Å². The first-order valence-corrected chi connectivity index (χ1v) is 9.94. The van der Waals surface area contributed by atoms with Crippen LogP contribution in [0.4, 0.5) is 10.3 Å². The van der Waals surface area contributed by atoms with Gasteiger partial charge in [-0.3, -0.25) is 10.1 Å². The molecule has 0 aliphatic heterocycles. The van der Waals surface area contributed by atoms with Crippen LogP contribution in [0.2, 0.25) is 0 Å². The normalized spacial score (nSPS) is 17.0. The number of halogens is 1. The van der Waals surface area contributed by atoms with Crippen molar-refractivity contribution in [3.8, 4) is 6.07 Å². The lowest BCUT2D eigenvalue weighted by Crippen LogP contribution is -2.39. The Morgan fingerprint density at radius 3 is 2.73 bits per heavy atom. The molecular formula is C23H23FN4O2. The van der Waals surface area contributed by atoms with Gasteiger partial charge in [0.2, 0.25) is 11.9 Å². The van der Waals surface area contributed by atoms with Crippen molar-refractivity contribution in [3.05, 3.63) is 59.4 Å². The molecule has 0 unspecified atom stereocenters. The maximum atomic E-state index is 14.1. The molecule has 6 nitrogen and oxygen atoms in total. The molecule has 2 aromatic carbocycles. The van der Waals surface area contributed by atoms with Gasteiger partial charge < -0.3 is 9.67 Å². The molecule has 1 saturated carbocycles. The summed E-state index contributed by atoms with van der Waals surface area (Å²) in [6.45, 7) is 3.52. The molecule has 2 N–H and O–H groups in total. The summed E-state index contributed by atoms with van der Waals surface area (Å²) in [5, 5.41) is 22.8. The highest BCUT2D eigenvalue weighted by atomic mass is 19.1. The Balaban J connectivity index is 1.67. The number of hydrogen-bond acceptors (Lipinski definition) is 4. The van der Waals surface area contributed by atoms with E-state index in [4.69, 9.17) is 0 Å². The Morgan fingerprint density at radius 2 is 2.10 bits per heavy atom. The van der Waals surface area contributed by atoms with E-state index in [9.17, 15) is 19.6 Å². The predicted molar refractivity (Wildman–Crippen MR) is 111 cm³/mol. The highest BCUT2D eigenvalue weighted by molar-refractivity contribution is 5.92. The first-order chi connectivity index (χ1) is 14.2. The average molecular weight is 406 g/mol. The predicted octanol–water partition coefficient (Wildman–Crippen LogP) is 4.18. The van der Waals surface area contributed by atoms with E-state index >= 15 is 0 Å². The topological polar surface area (TPSA) is 90.9 Å². The van der Waals surface area contributed by atoms with Crippen LogP contribution in [0.3, 0.4) is 0 Å². The van der Waals surface area contributed by atoms with Crippen LogP contribution in [-0.2, 0) is 15.9 Å². The van der Waals surface area contributed by atoms with E-state index < -0.39 is 17.3 Å². The fourth-order valence-corrected chi connectivity index (χ4v) is 4.16. The van der Waals surface area contributed by atoms with Crippen molar-refractivity contribution in [2.75, 3.05) is 5.32 Å². The van der Waals surface area contributed by atoms with Crippen LogP contribution in [0.1, 0.15) is 50.7 Å². The molecule has 4 rings (SSSR count). The third-order valence-corrected chi connectivity index (χ3v) is 5.96. The molecule has 1 heterocycles. The molecule has 30 heavy (non-hydrogen) atoms. The van der Waals surface area contributed by atoms with Crippen LogP contribution in [0.15, 0.2) is 42.5 Å². The van der Waals surface area contributed by atoms with E-state index in [1.807, 2.05) is 4.57 Å². The van der Waals surface area contributed by atoms with E-state index in [1.54, 1.807) is 24.3 Å². The second-order valence-electron chi connectivity index (χ2n) is 8.42. The molecule has 1 amide bonds. The van der Waals surface area contributed by atoms with E-state index in [0.29, 0.717) is 17.0 Å². The van der Waals surface area contributed by atoms with Crippen molar-refractivity contribution in [1.29, 1.82) is 5.26 Å². The van der Waals surface area contributed by atoms with Crippen LogP contribution >= 0.6 is 0 Å². The summed E-state index contributed by atoms with van der Waals surface area (Å²) < 4.78 is 16.1. The Kier molecular flexibility index (Phi) is 4.83. The molecule has 7 heteroatoms. The minimum Gasteiger partial charge on any atom is -0.385 e. The minimum absolute atomic E-state index is 0.0678. The summed E-state index contributed by atoms with van der Waals surface area (Å²) in [6.07, 6.45) is 2.62. The number of fused-ring (bicyclic) bond motifs is 1. The number of nitriles is 1. The number of rotatable bonds is 5. The van der Waals surface area contributed by atoms with Crippen molar-refractivity contribution in [2.24, 2.45) is 0 Å². The van der Waals surface area contributed by atoms with Gasteiger partial charge in [0, 0.05) is 11.1 Å². The molecule has 1 atom stereocenters. The second-order valence-corrected chi connectivity index (χ2v) is 8.42. The van der Waals surface area contributed by atoms with Gasteiger partial charge in [-0.2, -0.15) is 5.26 Å². The zero-order valence-electron chi connectivity index (χ0n) is 16.9. The van der Waals surface area contributed by atoms with Crippen molar-refractivity contribution in [1.82, 2.24) is 9.55 Å². The highest BCUT2D eigenvalue weighted by Gasteiger charge is 2.38. The fraction of sp³-hybridized carbons (Fsp3) is 0.348. The lowest BCUT2D eigenvalue weighted by molar-refractivity contribution is -0.120. The lowest BCUT2D eigenvalue weighted by Gasteiger charge is -2.41. The molecule has 0 bridgehead atoms. The summed E-state index contributed by atoms with van der Waals surface area (Å²) in [5.41, 5.74) is 0.177. The second kappa shape index (κ2) is 7.22. The number of carbonyl (C=O) groups is 1. The first kappa shape index (κ1) is 20.0. The molecule has 3 aromatic rings. The molecule has 154 valence electrons. The Hall–Kier alpha value is -3.24. The number of imidazole rings is 1. The Bertz CT molecular complexity index is 1170. The van der Waals surface area contributed by atoms with Crippen LogP contribution in [0.25, 0.3) is 11.0 Å². The molecule has 1 aliphatic carbocycles. The third kappa shape index (κ3) is 3.44. The molecule has 0 spiro atoms. The Morgan fingerprint density at radius 1 is 1.37 bits per heavy atom. The smallest absolute Gasteiger partial charge is 0.229 e. The molecule has 1 aromatic heterocycles. The lowest BCUT2D eigenvalue weighted by atomic mass is 9.78. The minimum atomic E-state index is -1.67. The molecule has 1 fully saturated rings. The molecule has 0 saturated heterocycles. The zero-order chi connectivity index (χ0) is 21.5. The van der Waals surface area contributed by atoms with Gasteiger partial charge >= 0.3 is 0 Å². The first-order valence-electron chi connectivity index (χ1n) is 9.94. The van der Waals surface area contributed by atoms with Gasteiger partial charge in [-0.25, -0.2) is 9.37 Å². The third-order valence-electron chi connectivity index (χ3n) is 5.96. The quantitative estimate of drug-likeness (QED) is 0.665. The number of hydrogen-bond donors (Lipinski definition) is 2. The number of aromatic nitrogens is 2. The van der Waals surface area contributed by atoms with Crippen molar-refractivity contribution in [3.63, 3.8) is 0 Å². The number of anilines is 1. The van der Waals surface area contributed by atoms with Gasteiger partial charge in [0.1, 0.15) is 5.82 Å². The number of nitrogens with one attached hydrogen (secondary N) is 1. The molecule has 0 radical (unpaired) electrons. The number of nitrogens with zero attached hydrogens (tertiary/aromatic N) is 3. The monoisotopic (exact) mass is 406 g/mol. The summed E-state index contributed by atoms with van der Waals surface area (Å²) >= 11 is 0. The fourth-order valence-electron chi connectivity index (χ4n) is 4.16. The molecular weight excluding hydrogens is 383 g/mol. The summed E-state index contributed by atoms with van der Waals surface area (Å²) in [7, 11) is 0. The zero-order valence-corrected chi connectivity index (χ0v) is 16.9. The van der Waals surface area contributed by atoms with Gasteiger partial charge in [0.25, 0.3) is 0 Å². The number of benzene rings is 2. The highest BCUT2D eigenvalue weighted by Crippen LogP contribution is 2.43. The Labute approximate surface area is 174 Å². The van der Waals surface area contributed by atoms with Gasteiger partial charge in [0.05, 0.1) is 34.7 Å². The number of aliphatic hydroxyl groups is 1. The van der Waals surface area contributed by atoms with Crippen molar-refractivity contribution < 1.29 is 14.3 Å². The van der Waals surface area contributed by atoms with Gasteiger partial charge in [-0.1, -0.05) is 18.2 Å². The SMILES string of the molecule is CC1(n2c(NC(=O)C[C@](C)(O)c3ccccc3F)nc3ccc(C#N)cc32)CCC1. The van der Waals surface area contributed by atoms with Crippen LogP contribution in [0, 0.1) is 17.1 Å².